The second kappa shape index (κ2) is 6.58. The fraction of sp³-hybridized carbons (Fsp3) is 0.417. The lowest BCUT2D eigenvalue weighted by atomic mass is 10.3. The predicted molar refractivity (Wildman–Crippen MR) is 75.6 cm³/mol. The summed E-state index contributed by atoms with van der Waals surface area (Å²) < 4.78 is 26.2. The molecule has 0 aliphatic rings. The molecule has 0 atom stereocenters. The second-order valence-electron chi connectivity index (χ2n) is 4.11. The first kappa shape index (κ1) is 16.3. The van der Waals surface area contributed by atoms with E-state index in [1.807, 2.05) is 13.8 Å². The molecular weight excluding hydrogens is 282 g/mol. The third kappa shape index (κ3) is 3.84. The third-order valence-electron chi connectivity index (χ3n) is 2.84. The number of nitrogens with zero attached hydrogens (tertiary/aromatic N) is 1. The molecule has 0 spiro atoms. The number of amides is 1. The normalized spacial score (nSPS) is 11.3. The molecule has 0 unspecified atom stereocenters. The van der Waals surface area contributed by atoms with Crippen LogP contribution in [-0.2, 0) is 14.8 Å². The summed E-state index contributed by atoms with van der Waals surface area (Å²) >= 11 is 0. The van der Waals surface area contributed by atoms with Crippen molar-refractivity contribution in [1.29, 1.82) is 0 Å². The Hall–Kier alpha value is -1.80. The number of sulfonamides is 1. The van der Waals surface area contributed by atoms with Crippen molar-refractivity contribution in [2.75, 3.05) is 25.4 Å². The Morgan fingerprint density at radius 1 is 1.35 bits per heavy atom. The van der Waals surface area contributed by atoms with Gasteiger partial charge in [0.1, 0.15) is 5.75 Å². The molecule has 0 saturated carbocycles. The fourth-order valence-corrected chi connectivity index (χ4v) is 2.64. The highest BCUT2D eigenvalue weighted by molar-refractivity contribution is 7.89. The van der Waals surface area contributed by atoms with E-state index in [4.69, 9.17) is 5.73 Å². The van der Waals surface area contributed by atoms with Crippen LogP contribution in [-0.4, -0.2) is 44.0 Å². The first-order chi connectivity index (χ1) is 9.31. The highest BCUT2D eigenvalue weighted by Gasteiger charge is 2.18. The zero-order chi connectivity index (χ0) is 15.3. The van der Waals surface area contributed by atoms with Crippen molar-refractivity contribution in [2.24, 2.45) is 0 Å². The van der Waals surface area contributed by atoms with Gasteiger partial charge in [0, 0.05) is 13.1 Å². The van der Waals surface area contributed by atoms with Crippen molar-refractivity contribution >= 4 is 21.6 Å². The summed E-state index contributed by atoms with van der Waals surface area (Å²) in [6.45, 7) is 4.35. The number of anilines is 1. The van der Waals surface area contributed by atoms with E-state index in [1.165, 1.54) is 17.0 Å². The Balaban J connectivity index is 2.80. The topological polar surface area (TPSA) is 113 Å². The summed E-state index contributed by atoms with van der Waals surface area (Å²) in [5, 5.41) is 9.26. The Kier molecular flexibility index (Phi) is 5.34. The number of carbonyl (C=O) groups is 1. The van der Waals surface area contributed by atoms with Crippen molar-refractivity contribution in [2.45, 2.75) is 18.7 Å². The summed E-state index contributed by atoms with van der Waals surface area (Å²) in [5.41, 5.74) is 5.41. The summed E-state index contributed by atoms with van der Waals surface area (Å²) in [6, 6.07) is 3.55. The van der Waals surface area contributed by atoms with E-state index in [0.717, 1.165) is 6.07 Å². The molecule has 1 aromatic carbocycles. The number of hydrogen-bond acceptors (Lipinski definition) is 5. The van der Waals surface area contributed by atoms with E-state index in [1.54, 1.807) is 0 Å². The van der Waals surface area contributed by atoms with E-state index in [2.05, 4.69) is 4.72 Å². The minimum atomic E-state index is -3.83. The lowest BCUT2D eigenvalue weighted by Crippen LogP contribution is -2.39. The van der Waals surface area contributed by atoms with Crippen LogP contribution in [0, 0.1) is 0 Å². The molecule has 4 N–H and O–H groups in total. The van der Waals surface area contributed by atoms with Crippen LogP contribution in [0.4, 0.5) is 5.69 Å². The molecular formula is C12H19N3O4S. The average molecular weight is 301 g/mol. The van der Waals surface area contributed by atoms with Crippen molar-refractivity contribution in [3.05, 3.63) is 18.2 Å². The molecule has 20 heavy (non-hydrogen) atoms. The first-order valence-corrected chi connectivity index (χ1v) is 7.66. The van der Waals surface area contributed by atoms with Gasteiger partial charge in [-0.2, -0.15) is 0 Å². The fourth-order valence-electron chi connectivity index (χ4n) is 1.63. The number of rotatable bonds is 6. The molecule has 8 heteroatoms. The molecule has 0 aliphatic carbocycles. The number of nitrogens with two attached hydrogens (primary N) is 1. The van der Waals surface area contributed by atoms with Gasteiger partial charge in [-0.25, -0.2) is 13.1 Å². The minimum absolute atomic E-state index is 0.0389. The Bertz CT molecular complexity index is 582. The number of phenolic OH excluding ortho intramolecular Hbond substituents is 1. The van der Waals surface area contributed by atoms with E-state index < -0.39 is 10.0 Å². The van der Waals surface area contributed by atoms with E-state index in [-0.39, 0.29) is 28.8 Å². The van der Waals surface area contributed by atoms with Crippen LogP contribution in [0.5, 0.6) is 5.75 Å². The second-order valence-corrected chi connectivity index (χ2v) is 5.88. The highest BCUT2D eigenvalue weighted by Crippen LogP contribution is 2.22. The van der Waals surface area contributed by atoms with Crippen LogP contribution in [0.1, 0.15) is 13.8 Å². The summed E-state index contributed by atoms with van der Waals surface area (Å²) in [5.74, 6) is -0.492. The zero-order valence-corrected chi connectivity index (χ0v) is 12.3. The predicted octanol–water partition coefficient (Wildman–Crippen LogP) is 0.121. The molecule has 112 valence electrons. The van der Waals surface area contributed by atoms with Gasteiger partial charge < -0.3 is 15.7 Å². The molecule has 0 radical (unpaired) electrons. The molecule has 0 aliphatic heterocycles. The third-order valence-corrected chi connectivity index (χ3v) is 4.24. The van der Waals surface area contributed by atoms with Crippen molar-refractivity contribution in [3.8, 4) is 5.75 Å². The van der Waals surface area contributed by atoms with Crippen LogP contribution < -0.4 is 10.5 Å². The number of phenols is 1. The standard InChI is InChI=1S/C12H19N3O4S/c1-3-15(4-2)12(17)8-14-20(18,19)9-5-6-11(16)10(13)7-9/h5-7,14,16H,3-4,8,13H2,1-2H3. The monoisotopic (exact) mass is 301 g/mol. The van der Waals surface area contributed by atoms with Crippen LogP contribution in [0.15, 0.2) is 23.1 Å². The van der Waals surface area contributed by atoms with Crippen LogP contribution in [0.2, 0.25) is 0 Å². The maximum atomic E-state index is 12.0. The number of likely N-dealkylation sites (N-methyl/N-ethyl adjacent to an activating group) is 1. The summed E-state index contributed by atoms with van der Waals surface area (Å²) in [6.07, 6.45) is 0. The van der Waals surface area contributed by atoms with Crippen molar-refractivity contribution in [3.63, 3.8) is 0 Å². The SMILES string of the molecule is CCN(CC)C(=O)CNS(=O)(=O)c1ccc(O)c(N)c1. The Labute approximate surface area is 118 Å². The number of nitrogens with one attached hydrogen (secondary N) is 1. The average Bonchev–Trinajstić information content (AvgIpc) is 2.41. The van der Waals surface area contributed by atoms with Crippen molar-refractivity contribution in [1.82, 2.24) is 9.62 Å². The molecule has 0 bridgehead atoms. The maximum absolute atomic E-state index is 12.0. The van der Waals surface area contributed by atoms with E-state index in [9.17, 15) is 18.3 Å². The minimum Gasteiger partial charge on any atom is -0.506 e. The van der Waals surface area contributed by atoms with Gasteiger partial charge in [-0.1, -0.05) is 0 Å². The largest absolute Gasteiger partial charge is 0.506 e. The quantitative estimate of drug-likeness (QED) is 0.510. The number of nitrogen functional groups attached to an aromatic ring is 1. The molecule has 0 heterocycles. The van der Waals surface area contributed by atoms with Gasteiger partial charge in [-0.05, 0) is 32.0 Å². The number of carbonyl (C=O) groups excluding carboxylic acids is 1. The number of aromatic hydroxyl groups is 1. The Morgan fingerprint density at radius 3 is 2.45 bits per heavy atom. The molecule has 0 fully saturated rings. The molecule has 7 nitrogen and oxygen atoms in total. The van der Waals surface area contributed by atoms with Gasteiger partial charge in [0.25, 0.3) is 0 Å². The van der Waals surface area contributed by atoms with Gasteiger partial charge in [-0.15, -0.1) is 0 Å². The maximum Gasteiger partial charge on any atom is 0.241 e. The van der Waals surface area contributed by atoms with E-state index >= 15 is 0 Å². The first-order valence-electron chi connectivity index (χ1n) is 6.17. The van der Waals surface area contributed by atoms with Crippen LogP contribution >= 0.6 is 0 Å². The molecule has 0 saturated heterocycles. The van der Waals surface area contributed by atoms with Gasteiger partial charge in [-0.3, -0.25) is 4.79 Å². The van der Waals surface area contributed by atoms with Gasteiger partial charge in [0.05, 0.1) is 17.1 Å². The Morgan fingerprint density at radius 2 is 1.95 bits per heavy atom. The number of benzene rings is 1. The number of hydrogen-bond donors (Lipinski definition) is 3. The van der Waals surface area contributed by atoms with E-state index in [0.29, 0.717) is 13.1 Å². The molecule has 1 rings (SSSR count). The lowest BCUT2D eigenvalue weighted by Gasteiger charge is -2.18. The van der Waals surface area contributed by atoms with Crippen LogP contribution in [0.25, 0.3) is 0 Å². The molecule has 1 aromatic rings. The van der Waals surface area contributed by atoms with Crippen LogP contribution in [0.3, 0.4) is 0 Å². The van der Waals surface area contributed by atoms with Gasteiger partial charge in [0.2, 0.25) is 15.9 Å². The zero-order valence-electron chi connectivity index (χ0n) is 11.5. The molecule has 1 amide bonds. The van der Waals surface area contributed by atoms with Crippen molar-refractivity contribution < 1.29 is 18.3 Å². The lowest BCUT2D eigenvalue weighted by molar-refractivity contribution is -0.129. The highest BCUT2D eigenvalue weighted by atomic mass is 32.2. The summed E-state index contributed by atoms with van der Waals surface area (Å²) in [4.78, 5) is 13.2. The van der Waals surface area contributed by atoms with Gasteiger partial charge in [0.15, 0.2) is 0 Å². The summed E-state index contributed by atoms with van der Waals surface area (Å²) in [7, 11) is -3.83. The smallest absolute Gasteiger partial charge is 0.241 e. The van der Waals surface area contributed by atoms with Gasteiger partial charge >= 0.3 is 0 Å². The molecule has 0 aromatic heterocycles.